The lowest BCUT2D eigenvalue weighted by Crippen LogP contribution is -2.06. The fraction of sp³-hybridized carbons (Fsp3) is 0.143. The number of nitrogens with zero attached hydrogens (tertiary/aromatic N) is 3. The van der Waals surface area contributed by atoms with E-state index in [2.05, 4.69) is 10.1 Å². The van der Waals surface area contributed by atoms with E-state index < -0.39 is 6.10 Å². The Labute approximate surface area is 105 Å². The third-order valence-corrected chi connectivity index (χ3v) is 2.94. The Morgan fingerprint density at radius 3 is 2.83 bits per heavy atom. The molecule has 0 saturated carbocycles. The molecule has 90 valence electrons. The largest absolute Gasteiger partial charge is 0.389 e. The second kappa shape index (κ2) is 4.23. The van der Waals surface area contributed by atoms with Gasteiger partial charge >= 0.3 is 0 Å². The molecule has 2 aromatic heterocycles. The van der Waals surface area contributed by atoms with E-state index in [9.17, 15) is 5.11 Å². The Hall–Kier alpha value is -2.20. The molecule has 0 aliphatic heterocycles. The van der Waals surface area contributed by atoms with Crippen molar-refractivity contribution in [3.05, 3.63) is 54.4 Å². The summed E-state index contributed by atoms with van der Waals surface area (Å²) in [5.74, 6) is 0.675. The van der Waals surface area contributed by atoms with Crippen LogP contribution >= 0.6 is 0 Å². The Balaban J connectivity index is 2.27. The maximum absolute atomic E-state index is 9.79. The van der Waals surface area contributed by atoms with Crippen molar-refractivity contribution in [2.24, 2.45) is 0 Å². The maximum Gasteiger partial charge on any atom is 0.159 e. The van der Waals surface area contributed by atoms with Crippen LogP contribution in [0.4, 0.5) is 0 Å². The third kappa shape index (κ3) is 1.67. The highest BCUT2D eigenvalue weighted by atomic mass is 16.3. The molecule has 0 unspecified atom stereocenters. The molecule has 4 heteroatoms. The normalized spacial score (nSPS) is 12.8. The van der Waals surface area contributed by atoms with Gasteiger partial charge in [-0.05, 0) is 19.1 Å². The van der Waals surface area contributed by atoms with Gasteiger partial charge in [0.15, 0.2) is 5.82 Å². The molecule has 0 radical (unpaired) electrons. The summed E-state index contributed by atoms with van der Waals surface area (Å²) in [5.41, 5.74) is 1.75. The Bertz CT molecular complexity index is 688. The number of hydrogen-bond acceptors (Lipinski definition) is 3. The predicted molar refractivity (Wildman–Crippen MR) is 69.5 cm³/mol. The molecule has 1 N–H and O–H groups in total. The van der Waals surface area contributed by atoms with Crippen LogP contribution in [0.15, 0.2) is 48.8 Å². The van der Waals surface area contributed by atoms with Crippen molar-refractivity contribution in [2.45, 2.75) is 13.0 Å². The van der Waals surface area contributed by atoms with E-state index in [0.717, 1.165) is 16.5 Å². The fourth-order valence-electron chi connectivity index (χ4n) is 2.05. The van der Waals surface area contributed by atoms with Gasteiger partial charge in [0, 0.05) is 17.1 Å². The number of pyridine rings is 1. The zero-order valence-electron chi connectivity index (χ0n) is 9.99. The molecule has 0 fully saturated rings. The number of benzene rings is 1. The van der Waals surface area contributed by atoms with Gasteiger partial charge in [-0.1, -0.05) is 24.3 Å². The van der Waals surface area contributed by atoms with Crippen LogP contribution in [0, 0.1) is 0 Å². The van der Waals surface area contributed by atoms with Gasteiger partial charge in [-0.2, -0.15) is 5.10 Å². The molecule has 0 aliphatic carbocycles. The highest BCUT2D eigenvalue weighted by molar-refractivity contribution is 5.80. The summed E-state index contributed by atoms with van der Waals surface area (Å²) in [4.78, 5) is 4.33. The first kappa shape index (κ1) is 10.9. The van der Waals surface area contributed by atoms with E-state index in [4.69, 9.17) is 0 Å². The van der Waals surface area contributed by atoms with Crippen LogP contribution in [-0.4, -0.2) is 19.9 Å². The molecule has 3 rings (SSSR count). The van der Waals surface area contributed by atoms with Crippen LogP contribution in [0.2, 0.25) is 0 Å². The molecule has 0 aliphatic rings. The smallest absolute Gasteiger partial charge is 0.159 e. The molecule has 0 amide bonds. The van der Waals surface area contributed by atoms with Crippen molar-refractivity contribution in [3.63, 3.8) is 0 Å². The van der Waals surface area contributed by atoms with Crippen molar-refractivity contribution in [1.82, 2.24) is 14.8 Å². The Morgan fingerprint density at radius 1 is 1.17 bits per heavy atom. The second-order valence-electron chi connectivity index (χ2n) is 4.21. The minimum absolute atomic E-state index is 0.573. The summed E-state index contributed by atoms with van der Waals surface area (Å²) in [5, 5.41) is 15.2. The Morgan fingerprint density at radius 2 is 2.00 bits per heavy atom. The SMILES string of the molecule is C[C@@H](O)c1cccnc1-n1ncc2ccccc21. The van der Waals surface area contributed by atoms with Gasteiger partial charge in [-0.25, -0.2) is 9.67 Å². The summed E-state index contributed by atoms with van der Waals surface area (Å²) in [6, 6.07) is 11.6. The Kier molecular flexibility index (Phi) is 2.57. The number of hydrogen-bond donors (Lipinski definition) is 1. The van der Waals surface area contributed by atoms with Crippen LogP contribution in [0.5, 0.6) is 0 Å². The summed E-state index contributed by atoms with van der Waals surface area (Å²) < 4.78 is 1.76. The van der Waals surface area contributed by atoms with Crippen LogP contribution in [-0.2, 0) is 0 Å². The van der Waals surface area contributed by atoms with E-state index in [0.29, 0.717) is 5.82 Å². The van der Waals surface area contributed by atoms with Crippen molar-refractivity contribution < 1.29 is 5.11 Å². The molecule has 1 aromatic carbocycles. The van der Waals surface area contributed by atoms with Crippen LogP contribution in [0.1, 0.15) is 18.6 Å². The van der Waals surface area contributed by atoms with Gasteiger partial charge in [0.1, 0.15) is 0 Å². The third-order valence-electron chi connectivity index (χ3n) is 2.94. The van der Waals surface area contributed by atoms with Crippen molar-refractivity contribution in [1.29, 1.82) is 0 Å². The number of aromatic nitrogens is 3. The molecule has 0 bridgehead atoms. The van der Waals surface area contributed by atoms with E-state index >= 15 is 0 Å². The van der Waals surface area contributed by atoms with Crippen molar-refractivity contribution in [2.75, 3.05) is 0 Å². The van der Waals surface area contributed by atoms with E-state index in [1.807, 2.05) is 36.4 Å². The average Bonchev–Trinajstić information content (AvgIpc) is 2.82. The molecule has 0 saturated heterocycles. The molecule has 1 atom stereocenters. The van der Waals surface area contributed by atoms with Gasteiger partial charge in [-0.3, -0.25) is 0 Å². The first-order valence-corrected chi connectivity index (χ1v) is 5.83. The monoisotopic (exact) mass is 239 g/mol. The second-order valence-corrected chi connectivity index (χ2v) is 4.21. The van der Waals surface area contributed by atoms with Crippen molar-refractivity contribution >= 4 is 10.9 Å². The number of aliphatic hydroxyl groups excluding tert-OH is 1. The van der Waals surface area contributed by atoms with E-state index in [-0.39, 0.29) is 0 Å². The zero-order valence-corrected chi connectivity index (χ0v) is 9.99. The summed E-state index contributed by atoms with van der Waals surface area (Å²) in [7, 11) is 0. The summed E-state index contributed by atoms with van der Waals surface area (Å²) in [6.45, 7) is 1.73. The van der Waals surface area contributed by atoms with Gasteiger partial charge in [0.25, 0.3) is 0 Å². The first-order chi connectivity index (χ1) is 8.77. The molecule has 4 nitrogen and oxygen atoms in total. The molecule has 18 heavy (non-hydrogen) atoms. The summed E-state index contributed by atoms with van der Waals surface area (Å²) >= 11 is 0. The first-order valence-electron chi connectivity index (χ1n) is 5.83. The minimum atomic E-state index is -0.573. The molecular weight excluding hydrogens is 226 g/mol. The molecular formula is C14H13N3O. The maximum atomic E-state index is 9.79. The van der Waals surface area contributed by atoms with Gasteiger partial charge in [0.2, 0.25) is 0 Å². The average molecular weight is 239 g/mol. The minimum Gasteiger partial charge on any atom is -0.389 e. The van der Waals surface area contributed by atoms with Gasteiger partial charge < -0.3 is 5.11 Å². The van der Waals surface area contributed by atoms with Crippen LogP contribution < -0.4 is 0 Å². The zero-order chi connectivity index (χ0) is 12.5. The molecule has 2 heterocycles. The van der Waals surface area contributed by atoms with Gasteiger partial charge in [-0.15, -0.1) is 0 Å². The quantitative estimate of drug-likeness (QED) is 0.747. The molecule has 0 spiro atoms. The molecule has 3 aromatic rings. The number of fused-ring (bicyclic) bond motifs is 1. The lowest BCUT2D eigenvalue weighted by molar-refractivity contribution is 0.198. The van der Waals surface area contributed by atoms with Crippen LogP contribution in [0.25, 0.3) is 16.7 Å². The summed E-state index contributed by atoms with van der Waals surface area (Å²) in [6.07, 6.45) is 2.93. The highest BCUT2D eigenvalue weighted by Gasteiger charge is 2.13. The number of para-hydroxylation sites is 1. The predicted octanol–water partition coefficient (Wildman–Crippen LogP) is 2.47. The lowest BCUT2D eigenvalue weighted by Gasteiger charge is -2.11. The lowest BCUT2D eigenvalue weighted by atomic mass is 10.1. The fourth-order valence-corrected chi connectivity index (χ4v) is 2.05. The number of rotatable bonds is 2. The van der Waals surface area contributed by atoms with Crippen LogP contribution in [0.3, 0.4) is 0 Å². The van der Waals surface area contributed by atoms with Gasteiger partial charge in [0.05, 0.1) is 17.8 Å². The van der Waals surface area contributed by atoms with E-state index in [1.54, 1.807) is 24.0 Å². The van der Waals surface area contributed by atoms with E-state index in [1.165, 1.54) is 0 Å². The number of aliphatic hydroxyl groups is 1. The standard InChI is InChI=1S/C14H13N3O/c1-10(18)12-6-4-8-15-14(12)17-13-7-3-2-5-11(13)9-16-17/h2-10,18H,1H3/t10-/m1/s1. The van der Waals surface area contributed by atoms with Crippen molar-refractivity contribution in [3.8, 4) is 5.82 Å². The topological polar surface area (TPSA) is 50.9 Å². The highest BCUT2D eigenvalue weighted by Crippen LogP contribution is 2.22.